The minimum Gasteiger partial charge on any atom is -0.309 e. The van der Waals surface area contributed by atoms with Crippen LogP contribution in [0, 0.1) is 0 Å². The zero-order valence-corrected chi connectivity index (χ0v) is 77.2. The first-order chi connectivity index (χ1) is 69.4. The Bertz CT molecular complexity index is 8090. The molecule has 16 aromatic carbocycles. The lowest BCUT2D eigenvalue weighted by Crippen LogP contribution is -2.25. The summed E-state index contributed by atoms with van der Waals surface area (Å²) in [5.74, 6) is 1.09. The number of para-hydroxylation sites is 4. The lowest BCUT2D eigenvalue weighted by atomic mass is 9.84. The highest BCUT2D eigenvalue weighted by atomic mass is 15.2. The van der Waals surface area contributed by atoms with Crippen molar-refractivity contribution in [1.29, 1.82) is 0 Å². The zero-order valence-electron chi connectivity index (χ0n) is 77.2. The van der Waals surface area contributed by atoms with E-state index in [-0.39, 0.29) is 0 Å². The highest BCUT2D eigenvalue weighted by Gasteiger charge is 2.44. The molecular weight excluding hydrogens is 1700 g/mol. The maximum absolute atomic E-state index is 4.88. The first kappa shape index (κ1) is 76.5. The second kappa shape index (κ2) is 28.5. The van der Waals surface area contributed by atoms with Crippen LogP contribution in [0.3, 0.4) is 0 Å². The molecule has 0 unspecified atom stereocenters. The Morgan fingerprint density at radius 3 is 0.879 bits per heavy atom. The zero-order chi connectivity index (χ0) is 90.7. The SMILES string of the molecule is c1ccc2c(c1)Cc1ccc3c(c1-2)Cc1ccc2c(c1-3)Cc1cccc3c1N2c1cccnc1C3.c1ccc2c(c1)Cc1ccc3c(c1-2)Cc1ccc2c(c1-3)Cc1cccc3c1N2c1ccncc1C3.c1ccc2c(c1)Cc1ccc3c(c1-2)Cc1ccc2c(c1-3)Cc1cccc3c1N2c1cnccc1C3.c1ccc2c(c1)Cc1ccc3c(c1-2)Cc1ccc2c(c1-3)Cc1cccc3c1N2c1ncccc1C3. The Balaban J connectivity index is 0.0000000829. The van der Waals surface area contributed by atoms with Crippen molar-refractivity contribution in [1.82, 2.24) is 19.9 Å². The molecule has 4 aromatic heterocycles. The molecule has 0 amide bonds. The van der Waals surface area contributed by atoms with Gasteiger partial charge in [0, 0.05) is 82.4 Å². The molecular formula is C132H88N8. The number of benzene rings is 16. The van der Waals surface area contributed by atoms with E-state index in [0.717, 1.165) is 109 Å². The fraction of sp³-hybridized carbons (Fsp3) is 0.121. The molecule has 140 heavy (non-hydrogen) atoms. The van der Waals surface area contributed by atoms with Gasteiger partial charge in [-0.05, 0) is 367 Å². The van der Waals surface area contributed by atoms with Crippen molar-refractivity contribution in [3.8, 4) is 89.0 Å². The Morgan fingerprint density at radius 1 is 0.150 bits per heavy atom. The van der Waals surface area contributed by atoms with Gasteiger partial charge >= 0.3 is 0 Å². The average molecular weight is 1790 g/mol. The molecule has 656 valence electrons. The van der Waals surface area contributed by atoms with Crippen LogP contribution in [0.15, 0.2) is 340 Å². The second-order valence-electron chi connectivity index (χ2n) is 41.4. The summed E-state index contributed by atoms with van der Waals surface area (Å²) in [6.07, 6.45) is 27.9. The number of aromatic nitrogens is 4. The standard InChI is InChI=1S/4C33H22N2/c1-2-9-25-19(5-1)15-20-10-12-26-27(30(20)25)17-21-11-13-29-28(31(21)26)18-23-7-3-6-22-16-24-8-4-14-34-33(24)35(29)32(22)23;1-2-8-24-19(5-1)15-20-10-12-25-26(31(20)24)16-21-11-13-29-27(32(21)25)17-22-6-3-7-23-18-28-30(9-4-14-34-28)35(29)33(22)23;1-2-7-25-19(4-1)14-21-8-10-26-27(31(21)25)16-22-9-11-29-28(32(22)26)17-24-6-3-5-23-15-20-12-13-34-18-30(20)35(29)33(23)24;1-2-7-25-19(4-1)14-20-8-10-26-27(31(20)25)16-21-9-11-30-28(32(21)26)17-23-6-3-5-22-15-24-18-34-13-12-29(24)35(30)33(22)23/h2*1-14H,15-18H2;2*1-13,18H,14-17H2. The molecule has 0 radical (unpaired) electrons. The van der Waals surface area contributed by atoms with Crippen LogP contribution in [0.2, 0.25) is 0 Å². The summed E-state index contributed by atoms with van der Waals surface area (Å²) in [7, 11) is 0. The predicted molar refractivity (Wildman–Crippen MR) is 564 cm³/mol. The molecule has 0 spiro atoms. The third-order valence-corrected chi connectivity index (χ3v) is 34.4. The number of nitrogens with zero attached hydrogens (tertiary/aromatic N) is 8. The first-order valence-electron chi connectivity index (χ1n) is 50.3. The number of pyridine rings is 4. The van der Waals surface area contributed by atoms with Gasteiger partial charge in [-0.2, -0.15) is 0 Å². The monoisotopic (exact) mass is 1780 g/mol. The molecule has 0 fully saturated rings. The minimum absolute atomic E-state index is 0.907. The van der Waals surface area contributed by atoms with Gasteiger partial charge in [-0.3, -0.25) is 19.9 Å². The molecule has 8 heteroatoms. The molecule has 0 atom stereocenters. The van der Waals surface area contributed by atoms with Crippen LogP contribution in [-0.2, 0) is 103 Å². The highest BCUT2D eigenvalue weighted by molar-refractivity contribution is 6.04. The van der Waals surface area contributed by atoms with E-state index in [4.69, 9.17) is 9.97 Å². The van der Waals surface area contributed by atoms with Gasteiger partial charge in [0.15, 0.2) is 0 Å². The fourth-order valence-corrected chi connectivity index (χ4v) is 28.8. The molecule has 12 heterocycles. The lowest BCUT2D eigenvalue weighted by molar-refractivity contribution is 0.971. The van der Waals surface area contributed by atoms with Gasteiger partial charge in [0.2, 0.25) is 0 Å². The summed E-state index contributed by atoms with van der Waals surface area (Å²) in [6.45, 7) is 0. The van der Waals surface area contributed by atoms with Gasteiger partial charge in [-0.1, -0.05) is 249 Å². The van der Waals surface area contributed by atoms with Gasteiger partial charge in [-0.15, -0.1) is 0 Å². The van der Waals surface area contributed by atoms with Crippen LogP contribution in [0.1, 0.15) is 178 Å². The molecule has 36 rings (SSSR count). The van der Waals surface area contributed by atoms with E-state index in [9.17, 15) is 0 Å². The molecule has 8 aliphatic carbocycles. The van der Waals surface area contributed by atoms with Crippen molar-refractivity contribution in [2.24, 2.45) is 0 Å². The van der Waals surface area contributed by atoms with E-state index in [1.807, 2.05) is 31.0 Å². The summed E-state index contributed by atoms with van der Waals surface area (Å²) >= 11 is 0. The Hall–Kier alpha value is -16.7. The van der Waals surface area contributed by atoms with E-state index < -0.39 is 0 Å². The van der Waals surface area contributed by atoms with Crippen molar-refractivity contribution in [3.05, 3.63) is 519 Å². The van der Waals surface area contributed by atoms with Crippen LogP contribution in [0.25, 0.3) is 89.0 Å². The third kappa shape index (κ3) is 10.6. The van der Waals surface area contributed by atoms with Gasteiger partial charge in [0.05, 0.1) is 74.5 Å². The normalized spacial score (nSPS) is 14.9. The fourth-order valence-electron chi connectivity index (χ4n) is 28.8. The quantitative estimate of drug-likeness (QED) is 0.149. The maximum atomic E-state index is 4.88. The lowest BCUT2D eigenvalue weighted by Gasteiger charge is -2.40. The summed E-state index contributed by atoms with van der Waals surface area (Å²) < 4.78 is 0. The molecule has 0 bridgehead atoms. The molecule has 0 N–H and O–H groups in total. The number of hydrogen-bond acceptors (Lipinski definition) is 8. The van der Waals surface area contributed by atoms with Crippen molar-refractivity contribution in [2.45, 2.75) is 103 Å². The Labute approximate surface area is 812 Å². The average Bonchev–Trinajstić information content (AvgIpc) is 1.42. The van der Waals surface area contributed by atoms with Crippen molar-refractivity contribution < 1.29 is 0 Å². The van der Waals surface area contributed by atoms with Crippen LogP contribution < -0.4 is 19.6 Å². The summed E-state index contributed by atoms with van der Waals surface area (Å²) in [4.78, 5) is 28.6. The number of rotatable bonds is 0. The summed E-state index contributed by atoms with van der Waals surface area (Å²) in [6, 6.07) is 114. The molecule has 0 saturated heterocycles. The third-order valence-electron chi connectivity index (χ3n) is 34.4. The maximum Gasteiger partial charge on any atom is 0.141 e. The van der Waals surface area contributed by atoms with Crippen LogP contribution in [0.5, 0.6) is 0 Å². The van der Waals surface area contributed by atoms with E-state index in [1.54, 1.807) is 0 Å². The Morgan fingerprint density at radius 2 is 0.443 bits per heavy atom. The summed E-state index contributed by atoms with van der Waals surface area (Å²) in [5, 5.41) is 0. The molecule has 0 saturated carbocycles. The van der Waals surface area contributed by atoms with Gasteiger partial charge < -0.3 is 14.7 Å². The second-order valence-corrected chi connectivity index (χ2v) is 41.4. The number of fused-ring (bicyclic) bond motifs is 48. The van der Waals surface area contributed by atoms with Gasteiger partial charge in [0.25, 0.3) is 0 Å². The van der Waals surface area contributed by atoms with Crippen LogP contribution in [-0.4, -0.2) is 19.9 Å². The molecule has 16 aliphatic rings. The van der Waals surface area contributed by atoms with Gasteiger partial charge in [-0.25, -0.2) is 4.98 Å². The Kier molecular flexibility index (Phi) is 15.6. The molecule has 8 nitrogen and oxygen atoms in total. The molecule has 8 aliphatic heterocycles. The first-order valence-corrected chi connectivity index (χ1v) is 50.3. The predicted octanol–water partition coefficient (Wildman–Crippen LogP) is 30.0. The minimum atomic E-state index is 0.907. The van der Waals surface area contributed by atoms with E-state index >= 15 is 0 Å². The largest absolute Gasteiger partial charge is 0.309 e. The van der Waals surface area contributed by atoms with E-state index in [1.165, 1.54) is 330 Å². The molecule has 20 aromatic rings. The van der Waals surface area contributed by atoms with Gasteiger partial charge in [0.1, 0.15) is 5.82 Å². The summed E-state index contributed by atoms with van der Waals surface area (Å²) in [5.41, 5.74) is 84.0. The van der Waals surface area contributed by atoms with Crippen LogP contribution >= 0.6 is 0 Å². The number of anilines is 12. The number of hydrogen-bond donors (Lipinski definition) is 0. The smallest absolute Gasteiger partial charge is 0.141 e. The van der Waals surface area contributed by atoms with Crippen molar-refractivity contribution >= 4 is 68.4 Å². The van der Waals surface area contributed by atoms with E-state index in [2.05, 4.69) is 339 Å². The van der Waals surface area contributed by atoms with Crippen molar-refractivity contribution in [3.63, 3.8) is 0 Å². The van der Waals surface area contributed by atoms with Crippen LogP contribution in [0.4, 0.5) is 68.4 Å². The van der Waals surface area contributed by atoms with Crippen molar-refractivity contribution in [2.75, 3.05) is 19.6 Å². The highest BCUT2D eigenvalue weighted by Crippen LogP contribution is 2.63. The topological polar surface area (TPSA) is 64.5 Å². The van der Waals surface area contributed by atoms with E-state index in [0.29, 0.717) is 0 Å².